The Hall–Kier alpha value is -1.34. The van der Waals surface area contributed by atoms with Gasteiger partial charge in [0, 0.05) is 11.1 Å². The van der Waals surface area contributed by atoms with Gasteiger partial charge in [0.25, 0.3) is 10.0 Å². The summed E-state index contributed by atoms with van der Waals surface area (Å²) >= 11 is 6.13. The van der Waals surface area contributed by atoms with E-state index in [9.17, 15) is 8.42 Å². The molecule has 0 saturated heterocycles. The van der Waals surface area contributed by atoms with Crippen molar-refractivity contribution in [2.75, 3.05) is 7.05 Å². The fourth-order valence-electron chi connectivity index (χ4n) is 1.89. The van der Waals surface area contributed by atoms with Crippen LogP contribution in [0.5, 0.6) is 0 Å². The predicted molar refractivity (Wildman–Crippen MR) is 81.7 cm³/mol. The van der Waals surface area contributed by atoms with Gasteiger partial charge in [-0.25, -0.2) is 13.1 Å². The van der Waals surface area contributed by atoms with Gasteiger partial charge in [-0.15, -0.1) is 0 Å². The third-order valence-electron chi connectivity index (χ3n) is 3.12. The maximum Gasteiger partial charge on any atom is 0.273 e. The molecule has 0 unspecified atom stereocenters. The van der Waals surface area contributed by atoms with Gasteiger partial charge in [-0.05, 0) is 37.7 Å². The number of hydrogen-bond donors (Lipinski definition) is 2. The molecule has 0 aliphatic rings. The summed E-state index contributed by atoms with van der Waals surface area (Å²) in [6.07, 6.45) is 0. The molecule has 0 saturated carbocycles. The minimum absolute atomic E-state index is 0.0214. The van der Waals surface area contributed by atoms with Crippen LogP contribution in [0.4, 0.5) is 0 Å². The molecule has 0 spiro atoms. The van der Waals surface area contributed by atoms with Crippen molar-refractivity contribution in [1.29, 1.82) is 0 Å². The minimum atomic E-state index is -3.54. The molecule has 0 radical (unpaired) electrons. The van der Waals surface area contributed by atoms with Crippen LogP contribution in [-0.4, -0.2) is 15.5 Å². The number of nitrogens with one attached hydrogen (secondary N) is 2. The molecule has 0 amide bonds. The van der Waals surface area contributed by atoms with Gasteiger partial charge in [-0.1, -0.05) is 29.8 Å². The van der Waals surface area contributed by atoms with Crippen LogP contribution in [0.25, 0.3) is 0 Å². The van der Waals surface area contributed by atoms with Gasteiger partial charge < -0.3 is 9.73 Å². The topological polar surface area (TPSA) is 71.3 Å². The monoisotopic (exact) mass is 328 g/mol. The number of benzene rings is 1. The first-order valence-corrected chi connectivity index (χ1v) is 8.30. The Kier molecular flexibility index (Phi) is 5.05. The first-order valence-electron chi connectivity index (χ1n) is 6.44. The van der Waals surface area contributed by atoms with Crippen molar-refractivity contribution in [3.05, 3.63) is 52.7 Å². The van der Waals surface area contributed by atoms with Gasteiger partial charge in [0.15, 0.2) is 0 Å². The van der Waals surface area contributed by atoms with Crippen molar-refractivity contribution < 1.29 is 12.8 Å². The summed E-state index contributed by atoms with van der Waals surface area (Å²) in [4.78, 5) is 0. The quantitative estimate of drug-likeness (QED) is 0.855. The van der Waals surface area contributed by atoms with Crippen molar-refractivity contribution >= 4 is 21.6 Å². The summed E-state index contributed by atoms with van der Waals surface area (Å²) < 4.78 is 30.7. The molecule has 114 valence electrons. The number of furan rings is 1. The fourth-order valence-corrected chi connectivity index (χ4v) is 2.85. The Balaban J connectivity index is 2.03. The van der Waals surface area contributed by atoms with E-state index in [1.165, 1.54) is 13.1 Å². The molecule has 1 atom stereocenters. The lowest BCUT2D eigenvalue weighted by molar-refractivity contribution is 0.392. The van der Waals surface area contributed by atoms with Crippen LogP contribution in [-0.2, 0) is 16.6 Å². The van der Waals surface area contributed by atoms with Crippen LogP contribution in [0.15, 0.2) is 45.9 Å². The van der Waals surface area contributed by atoms with E-state index < -0.39 is 10.0 Å². The lowest BCUT2D eigenvalue weighted by Crippen LogP contribution is -2.19. The zero-order valence-electron chi connectivity index (χ0n) is 11.8. The molecule has 7 heteroatoms. The van der Waals surface area contributed by atoms with E-state index in [1.54, 1.807) is 6.07 Å². The molecule has 1 aromatic heterocycles. The molecule has 0 aliphatic heterocycles. The average molecular weight is 329 g/mol. The van der Waals surface area contributed by atoms with E-state index in [0.29, 0.717) is 17.3 Å². The smallest absolute Gasteiger partial charge is 0.273 e. The normalized spacial score (nSPS) is 13.3. The Morgan fingerprint density at radius 3 is 2.62 bits per heavy atom. The summed E-state index contributed by atoms with van der Waals surface area (Å²) in [6, 6.07) is 10.7. The zero-order valence-corrected chi connectivity index (χ0v) is 13.3. The highest BCUT2D eigenvalue weighted by molar-refractivity contribution is 7.89. The summed E-state index contributed by atoms with van der Waals surface area (Å²) in [5, 5.41) is 3.85. The van der Waals surface area contributed by atoms with Crippen LogP contribution in [0, 0.1) is 0 Å². The first kappa shape index (κ1) is 16.0. The molecule has 1 heterocycles. The highest BCUT2D eigenvalue weighted by Gasteiger charge is 2.16. The Bertz CT molecular complexity index is 713. The summed E-state index contributed by atoms with van der Waals surface area (Å²) in [6.45, 7) is 2.39. The van der Waals surface area contributed by atoms with E-state index in [2.05, 4.69) is 10.0 Å². The summed E-state index contributed by atoms with van der Waals surface area (Å²) in [5.41, 5.74) is 0.980. The molecule has 2 rings (SSSR count). The van der Waals surface area contributed by atoms with Crippen LogP contribution >= 0.6 is 11.6 Å². The lowest BCUT2D eigenvalue weighted by Gasteiger charge is -2.14. The average Bonchev–Trinajstić information content (AvgIpc) is 2.95. The highest BCUT2D eigenvalue weighted by atomic mass is 35.5. The summed E-state index contributed by atoms with van der Waals surface area (Å²) in [7, 11) is -2.20. The summed E-state index contributed by atoms with van der Waals surface area (Å²) in [5.74, 6) is 0.544. The van der Waals surface area contributed by atoms with Crippen LogP contribution in [0.2, 0.25) is 5.02 Å². The van der Waals surface area contributed by atoms with E-state index in [4.69, 9.17) is 16.0 Å². The third kappa shape index (κ3) is 3.85. The highest BCUT2D eigenvalue weighted by Crippen LogP contribution is 2.22. The molecule has 0 aliphatic carbocycles. The molecule has 2 aromatic rings. The largest absolute Gasteiger partial charge is 0.447 e. The third-order valence-corrected chi connectivity index (χ3v) is 4.76. The van der Waals surface area contributed by atoms with Gasteiger partial charge in [0.05, 0.1) is 6.54 Å². The van der Waals surface area contributed by atoms with Crippen molar-refractivity contribution in [3.63, 3.8) is 0 Å². The second kappa shape index (κ2) is 6.62. The molecule has 21 heavy (non-hydrogen) atoms. The second-order valence-corrected chi connectivity index (χ2v) is 6.78. The molecule has 0 bridgehead atoms. The molecule has 1 aromatic carbocycles. The predicted octanol–water partition coefficient (Wildman–Crippen LogP) is 2.69. The molecule has 0 fully saturated rings. The van der Waals surface area contributed by atoms with E-state index in [0.717, 1.165) is 5.56 Å². The van der Waals surface area contributed by atoms with Crippen molar-refractivity contribution in [2.45, 2.75) is 24.6 Å². The van der Waals surface area contributed by atoms with E-state index >= 15 is 0 Å². The van der Waals surface area contributed by atoms with Crippen LogP contribution in [0.1, 0.15) is 24.3 Å². The standard InChI is InChI=1S/C14H17ClN2O3S/c1-10(12-5-3-4-6-13(12)15)17-9-11-7-8-14(20-11)21(18,19)16-2/h3-8,10,16-17H,9H2,1-2H3/t10-/m0/s1. The van der Waals surface area contributed by atoms with Crippen LogP contribution < -0.4 is 10.0 Å². The lowest BCUT2D eigenvalue weighted by atomic mass is 10.1. The Morgan fingerprint density at radius 1 is 1.24 bits per heavy atom. The molecule has 2 N–H and O–H groups in total. The zero-order chi connectivity index (χ0) is 15.5. The first-order chi connectivity index (χ1) is 9.94. The second-order valence-electron chi connectivity index (χ2n) is 4.55. The van der Waals surface area contributed by atoms with E-state index in [1.807, 2.05) is 31.2 Å². The Morgan fingerprint density at radius 2 is 1.95 bits per heavy atom. The SMILES string of the molecule is CNS(=O)(=O)c1ccc(CN[C@@H](C)c2ccccc2Cl)o1. The van der Waals surface area contributed by atoms with Gasteiger partial charge in [-0.2, -0.15) is 0 Å². The number of sulfonamides is 1. The molecule has 5 nitrogen and oxygen atoms in total. The number of halogens is 1. The van der Waals surface area contributed by atoms with E-state index in [-0.39, 0.29) is 11.1 Å². The maximum atomic E-state index is 11.6. The minimum Gasteiger partial charge on any atom is -0.447 e. The van der Waals surface area contributed by atoms with Gasteiger partial charge >= 0.3 is 0 Å². The molecular weight excluding hydrogens is 312 g/mol. The maximum absolute atomic E-state index is 11.6. The fraction of sp³-hybridized carbons (Fsp3) is 0.286. The van der Waals surface area contributed by atoms with Gasteiger partial charge in [0.1, 0.15) is 5.76 Å². The van der Waals surface area contributed by atoms with Crippen molar-refractivity contribution in [3.8, 4) is 0 Å². The molecular formula is C14H17ClN2O3S. The van der Waals surface area contributed by atoms with Crippen molar-refractivity contribution in [2.24, 2.45) is 0 Å². The Labute approximate surface area is 129 Å². The van der Waals surface area contributed by atoms with Gasteiger partial charge in [0.2, 0.25) is 5.09 Å². The number of rotatable bonds is 6. The number of hydrogen-bond acceptors (Lipinski definition) is 4. The van der Waals surface area contributed by atoms with Gasteiger partial charge in [-0.3, -0.25) is 0 Å². The van der Waals surface area contributed by atoms with Crippen molar-refractivity contribution in [1.82, 2.24) is 10.0 Å². The van der Waals surface area contributed by atoms with Crippen LogP contribution in [0.3, 0.4) is 0 Å².